The molecule has 10 heteroatoms. The molecular weight excluding hydrogens is 520 g/mol. The van der Waals surface area contributed by atoms with Crippen molar-refractivity contribution in [2.24, 2.45) is 13.0 Å². The lowest BCUT2D eigenvalue weighted by Gasteiger charge is -2.35. The van der Waals surface area contributed by atoms with E-state index in [1.54, 1.807) is 25.4 Å². The van der Waals surface area contributed by atoms with Crippen LogP contribution >= 0.6 is 0 Å². The summed E-state index contributed by atoms with van der Waals surface area (Å²) in [6.45, 7) is -2.52. The van der Waals surface area contributed by atoms with Gasteiger partial charge in [0, 0.05) is 47.4 Å². The predicted molar refractivity (Wildman–Crippen MR) is 147 cm³/mol. The number of halogens is 2. The molecule has 0 radical (unpaired) electrons. The van der Waals surface area contributed by atoms with Crippen LogP contribution in [-0.4, -0.2) is 45.1 Å². The first-order chi connectivity index (χ1) is 19.7. The van der Waals surface area contributed by atoms with Crippen molar-refractivity contribution in [3.8, 4) is 11.3 Å². The molecule has 6 rings (SSSR count). The third-order valence-corrected chi connectivity index (χ3v) is 8.88. The van der Waals surface area contributed by atoms with Gasteiger partial charge in [-0.3, -0.25) is 4.98 Å². The van der Waals surface area contributed by atoms with E-state index in [0.717, 1.165) is 11.8 Å². The molecule has 1 aliphatic rings. The summed E-state index contributed by atoms with van der Waals surface area (Å²) in [6, 6.07) is 15.8. The van der Waals surface area contributed by atoms with Crippen molar-refractivity contribution < 1.29 is 21.3 Å². The zero-order valence-electron chi connectivity index (χ0n) is 24.5. The fraction of sp³-hybridized carbons (Fsp3) is 0.345. The average Bonchev–Trinajstić information content (AvgIpc) is 3.47. The number of rotatable bonds is 5. The maximum atomic E-state index is 14.3. The van der Waals surface area contributed by atoms with Gasteiger partial charge < -0.3 is 4.57 Å². The number of aryl methyl sites for hydroxylation is 2. The van der Waals surface area contributed by atoms with E-state index in [1.807, 2.05) is 41.0 Å². The molecule has 1 aliphatic carbocycles. The summed E-state index contributed by atoms with van der Waals surface area (Å²) in [5, 5.41) is 8.54. The Labute approximate surface area is 229 Å². The molecule has 202 valence electrons. The maximum absolute atomic E-state index is 14.3. The second-order valence-corrected chi connectivity index (χ2v) is 12.4. The highest BCUT2D eigenvalue weighted by atomic mass is 32.2. The molecule has 0 spiro atoms. The molecule has 39 heavy (non-hydrogen) atoms. The zero-order valence-corrected chi connectivity index (χ0v) is 22.3. The monoisotopic (exact) mass is 552 g/mol. The Morgan fingerprint density at radius 2 is 1.82 bits per heavy atom. The Balaban J connectivity index is 1.68. The highest BCUT2D eigenvalue weighted by Crippen LogP contribution is 2.46. The molecule has 0 aliphatic heterocycles. The molecule has 1 unspecified atom stereocenters. The van der Waals surface area contributed by atoms with Crippen LogP contribution in [0.5, 0.6) is 0 Å². The Hall–Kier alpha value is -3.66. The van der Waals surface area contributed by atoms with Crippen LogP contribution in [0.15, 0.2) is 65.7 Å². The first-order valence-corrected chi connectivity index (χ1v) is 14.6. The third kappa shape index (κ3) is 4.50. The first-order valence-electron chi connectivity index (χ1n) is 14.2. The van der Waals surface area contributed by atoms with Crippen molar-refractivity contribution in [1.82, 2.24) is 24.5 Å². The van der Waals surface area contributed by atoms with Gasteiger partial charge in [0.1, 0.15) is 0 Å². The summed E-state index contributed by atoms with van der Waals surface area (Å²) >= 11 is 0. The molecule has 3 aromatic heterocycles. The molecular formula is C29H29F2N5O2S. The Bertz CT molecular complexity index is 1910. The first kappa shape index (κ1) is 22.2. The van der Waals surface area contributed by atoms with E-state index in [4.69, 9.17) is 9.10 Å². The van der Waals surface area contributed by atoms with Crippen LogP contribution in [0.1, 0.15) is 47.1 Å². The van der Waals surface area contributed by atoms with E-state index in [1.165, 1.54) is 10.7 Å². The van der Waals surface area contributed by atoms with Crippen LogP contribution in [-0.2, 0) is 16.9 Å². The smallest absolute Gasteiger partial charge is 0.248 e. The van der Waals surface area contributed by atoms with Crippen LogP contribution in [0, 0.1) is 12.8 Å². The second kappa shape index (κ2) is 9.22. The average molecular weight is 553 g/mol. The quantitative estimate of drug-likeness (QED) is 0.263. The number of nitrogens with zero attached hydrogens (tertiary/aromatic N) is 5. The van der Waals surface area contributed by atoms with Crippen LogP contribution in [0.3, 0.4) is 0 Å². The largest absolute Gasteiger partial charge is 0.331 e. The van der Waals surface area contributed by atoms with Gasteiger partial charge in [-0.15, -0.1) is 5.10 Å². The number of benzene rings is 2. The third-order valence-electron chi connectivity index (χ3n) is 7.77. The number of aromatic nitrogens is 5. The molecule has 7 nitrogen and oxygen atoms in total. The van der Waals surface area contributed by atoms with Gasteiger partial charge in [0.15, 0.2) is 9.84 Å². The Morgan fingerprint density at radius 1 is 1.08 bits per heavy atom. The maximum Gasteiger partial charge on any atom is 0.248 e. The van der Waals surface area contributed by atoms with Crippen molar-refractivity contribution in [1.29, 1.82) is 0 Å². The van der Waals surface area contributed by atoms with Gasteiger partial charge in [-0.1, -0.05) is 35.5 Å². The van der Waals surface area contributed by atoms with Crippen LogP contribution < -0.4 is 0 Å². The molecule has 0 saturated heterocycles. The molecule has 5 aromatic rings. The summed E-state index contributed by atoms with van der Waals surface area (Å²) in [7, 11) is -1.96. The Morgan fingerprint density at radius 3 is 2.51 bits per heavy atom. The van der Waals surface area contributed by atoms with E-state index in [-0.39, 0.29) is 47.9 Å². The number of alkyl halides is 2. The number of fused-ring (bicyclic) bond motifs is 3. The minimum atomic E-state index is -3.57. The topological polar surface area (TPSA) is 82.7 Å². The molecule has 3 heterocycles. The summed E-state index contributed by atoms with van der Waals surface area (Å²) in [5.41, 5.74) is 3.29. The SMILES string of the molecule is [2H]C([2H])([2H])c1nnn(C)c1-c1cnc2c3ccc(S(C)(=O)=O)cc3n(C(c3ccccc3)C3CCC(F)(F)CC3)c2c1. The summed E-state index contributed by atoms with van der Waals surface area (Å²) in [6.07, 6.45) is 2.78. The van der Waals surface area contributed by atoms with Crippen LogP contribution in [0.2, 0.25) is 0 Å². The van der Waals surface area contributed by atoms with Crippen molar-refractivity contribution in [2.75, 3.05) is 6.26 Å². The van der Waals surface area contributed by atoms with Crippen molar-refractivity contribution >= 4 is 31.8 Å². The standard InChI is InChI=1S/C29H29F2N5O2S/c1-18-27(35(2)34-33-18)21-15-25-26(32-17-21)23-10-9-22(39(3,37)38)16-24(23)36(25)28(19-7-5-4-6-8-19)20-11-13-29(30,31)14-12-20/h4-10,15-17,20,28H,11-14H2,1-3H3/i1D3. The van der Waals surface area contributed by atoms with E-state index in [9.17, 15) is 17.2 Å². The highest BCUT2D eigenvalue weighted by molar-refractivity contribution is 7.90. The lowest BCUT2D eigenvalue weighted by Crippen LogP contribution is -2.30. The summed E-state index contributed by atoms with van der Waals surface area (Å²) < 4.78 is 81.2. The van der Waals surface area contributed by atoms with Crippen molar-refractivity contribution in [2.45, 2.75) is 49.4 Å². The lowest BCUT2D eigenvalue weighted by atomic mass is 9.79. The van der Waals surface area contributed by atoms with Gasteiger partial charge in [0.05, 0.1) is 38.9 Å². The number of hydrogen-bond acceptors (Lipinski definition) is 5. The van der Waals surface area contributed by atoms with Gasteiger partial charge >= 0.3 is 0 Å². The minimum Gasteiger partial charge on any atom is -0.331 e. The molecule has 1 atom stereocenters. The summed E-state index contributed by atoms with van der Waals surface area (Å²) in [4.78, 5) is 4.87. The Kier molecular flexibility index (Phi) is 5.25. The molecule has 1 fully saturated rings. The van der Waals surface area contributed by atoms with Gasteiger partial charge in [-0.05, 0) is 55.4 Å². The fourth-order valence-electron chi connectivity index (χ4n) is 5.89. The van der Waals surface area contributed by atoms with Gasteiger partial charge in [0.2, 0.25) is 5.92 Å². The molecule has 2 aromatic carbocycles. The predicted octanol–water partition coefficient (Wildman–Crippen LogP) is 6.11. The van der Waals surface area contributed by atoms with Crippen LogP contribution in [0.25, 0.3) is 33.2 Å². The lowest BCUT2D eigenvalue weighted by molar-refractivity contribution is -0.0493. The zero-order chi connectivity index (χ0) is 30.0. The number of pyridine rings is 1. The number of sulfone groups is 1. The normalized spacial score (nSPS) is 18.6. The van der Waals surface area contributed by atoms with E-state index >= 15 is 0 Å². The van der Waals surface area contributed by atoms with E-state index in [2.05, 4.69) is 10.3 Å². The fourth-order valence-corrected chi connectivity index (χ4v) is 6.53. The van der Waals surface area contributed by atoms with Gasteiger partial charge in [0.25, 0.3) is 0 Å². The van der Waals surface area contributed by atoms with Gasteiger partial charge in [-0.25, -0.2) is 21.9 Å². The minimum absolute atomic E-state index is 0.127. The summed E-state index contributed by atoms with van der Waals surface area (Å²) in [5.74, 6) is -2.90. The number of hydrogen-bond donors (Lipinski definition) is 0. The van der Waals surface area contributed by atoms with Crippen LogP contribution in [0.4, 0.5) is 8.78 Å². The van der Waals surface area contributed by atoms with Crippen molar-refractivity contribution in [3.63, 3.8) is 0 Å². The molecule has 0 amide bonds. The van der Waals surface area contributed by atoms with E-state index < -0.39 is 28.7 Å². The molecule has 1 saturated carbocycles. The molecule has 0 N–H and O–H groups in total. The van der Waals surface area contributed by atoms with E-state index in [0.29, 0.717) is 27.5 Å². The van der Waals surface area contributed by atoms with Crippen molar-refractivity contribution in [3.05, 3.63) is 72.1 Å². The van der Waals surface area contributed by atoms with Gasteiger partial charge in [-0.2, -0.15) is 0 Å². The second-order valence-electron chi connectivity index (χ2n) is 10.4. The highest BCUT2D eigenvalue weighted by Gasteiger charge is 2.39. The molecule has 0 bridgehead atoms.